The number of nitrogens with one attached hydrogen (secondary N) is 1. The summed E-state index contributed by atoms with van der Waals surface area (Å²) in [6, 6.07) is 0.384. The van der Waals surface area contributed by atoms with Gasteiger partial charge in [0.05, 0.1) is 11.5 Å². The van der Waals surface area contributed by atoms with Crippen LogP contribution in [0, 0.1) is 5.92 Å². The van der Waals surface area contributed by atoms with Crippen LogP contribution in [0.2, 0.25) is 0 Å². The van der Waals surface area contributed by atoms with E-state index in [4.69, 9.17) is 0 Å². The topological polar surface area (TPSA) is 46.2 Å². The van der Waals surface area contributed by atoms with Crippen molar-refractivity contribution in [2.75, 3.05) is 30.6 Å². The third-order valence-electron chi connectivity index (χ3n) is 3.07. The summed E-state index contributed by atoms with van der Waals surface area (Å²) in [6.07, 6.45) is 5.21. The van der Waals surface area contributed by atoms with E-state index in [1.54, 1.807) is 0 Å². The van der Waals surface area contributed by atoms with Crippen molar-refractivity contribution >= 4 is 21.6 Å². The minimum atomic E-state index is -2.73. The van der Waals surface area contributed by atoms with Gasteiger partial charge >= 0.3 is 0 Å². The molecule has 1 rings (SSSR count). The van der Waals surface area contributed by atoms with Crippen molar-refractivity contribution < 1.29 is 8.42 Å². The van der Waals surface area contributed by atoms with E-state index in [0.29, 0.717) is 23.5 Å². The summed E-state index contributed by atoms with van der Waals surface area (Å²) in [6.45, 7) is 0. The molecule has 0 radical (unpaired) electrons. The lowest BCUT2D eigenvalue weighted by atomic mass is 9.95. The largest absolute Gasteiger partial charge is 0.317 e. The monoisotopic (exact) mass is 251 g/mol. The summed E-state index contributed by atoms with van der Waals surface area (Å²) in [5.41, 5.74) is 0. The average molecular weight is 251 g/mol. The second-order valence-electron chi connectivity index (χ2n) is 4.19. The van der Waals surface area contributed by atoms with Crippen molar-refractivity contribution in [3.63, 3.8) is 0 Å². The van der Waals surface area contributed by atoms with Crippen molar-refractivity contribution in [1.82, 2.24) is 5.32 Å². The molecule has 0 aromatic heterocycles. The van der Waals surface area contributed by atoms with Crippen molar-refractivity contribution in [2.24, 2.45) is 5.92 Å². The van der Waals surface area contributed by atoms with Gasteiger partial charge in [-0.2, -0.15) is 11.8 Å². The summed E-state index contributed by atoms with van der Waals surface area (Å²) < 4.78 is 22.7. The molecular weight excluding hydrogens is 230 g/mol. The van der Waals surface area contributed by atoms with Crippen LogP contribution in [0.15, 0.2) is 0 Å². The third-order valence-corrected chi connectivity index (χ3v) is 5.56. The predicted octanol–water partition coefficient (Wildman–Crippen LogP) is 1.15. The molecule has 0 amide bonds. The Hall–Kier alpha value is 0.260. The summed E-state index contributed by atoms with van der Waals surface area (Å²) >= 11 is 1.85. The van der Waals surface area contributed by atoms with Crippen LogP contribution in [0.3, 0.4) is 0 Å². The van der Waals surface area contributed by atoms with Gasteiger partial charge in [0, 0.05) is 6.04 Å². The van der Waals surface area contributed by atoms with Crippen molar-refractivity contribution in [2.45, 2.75) is 25.3 Å². The van der Waals surface area contributed by atoms with E-state index in [9.17, 15) is 8.42 Å². The van der Waals surface area contributed by atoms with E-state index >= 15 is 0 Å². The smallest absolute Gasteiger partial charge is 0.150 e. The van der Waals surface area contributed by atoms with E-state index in [0.717, 1.165) is 18.6 Å². The summed E-state index contributed by atoms with van der Waals surface area (Å²) in [4.78, 5) is 0. The van der Waals surface area contributed by atoms with Gasteiger partial charge in [0.2, 0.25) is 0 Å². The van der Waals surface area contributed by atoms with E-state index in [1.807, 2.05) is 18.8 Å². The van der Waals surface area contributed by atoms with Crippen LogP contribution in [0.25, 0.3) is 0 Å². The second kappa shape index (κ2) is 6.11. The standard InChI is InChI=1S/C10H21NO2S2/c1-11-10(4-3-6-14-2)9-5-7-15(12,13)8-9/h9-11H,3-8H2,1-2H3. The molecule has 1 heterocycles. The summed E-state index contributed by atoms with van der Waals surface area (Å²) in [7, 11) is -0.787. The Kier molecular flexibility index (Phi) is 5.43. The quantitative estimate of drug-likeness (QED) is 0.720. The number of thioether (sulfide) groups is 1. The molecule has 1 aliphatic heterocycles. The van der Waals surface area contributed by atoms with Crippen molar-refractivity contribution in [3.8, 4) is 0 Å². The van der Waals surface area contributed by atoms with Crippen LogP contribution in [-0.2, 0) is 9.84 Å². The lowest BCUT2D eigenvalue weighted by Gasteiger charge is -2.21. The molecule has 2 unspecified atom stereocenters. The van der Waals surface area contributed by atoms with Gasteiger partial charge in [-0.3, -0.25) is 0 Å². The van der Waals surface area contributed by atoms with E-state index in [1.165, 1.54) is 6.42 Å². The molecule has 5 heteroatoms. The number of hydrogen-bond donors (Lipinski definition) is 1. The maximum absolute atomic E-state index is 11.4. The molecule has 3 nitrogen and oxygen atoms in total. The minimum Gasteiger partial charge on any atom is -0.317 e. The molecule has 0 aromatic rings. The maximum Gasteiger partial charge on any atom is 0.150 e. The van der Waals surface area contributed by atoms with Crippen LogP contribution in [0.5, 0.6) is 0 Å². The first-order chi connectivity index (χ1) is 7.09. The maximum atomic E-state index is 11.4. The fourth-order valence-electron chi connectivity index (χ4n) is 2.20. The molecule has 1 fully saturated rings. The normalized spacial score (nSPS) is 26.7. The molecule has 0 aromatic carbocycles. The van der Waals surface area contributed by atoms with Gasteiger partial charge in [-0.1, -0.05) is 0 Å². The Morgan fingerprint density at radius 3 is 2.73 bits per heavy atom. The van der Waals surface area contributed by atoms with Gasteiger partial charge in [0.25, 0.3) is 0 Å². The summed E-state index contributed by atoms with van der Waals surface area (Å²) in [5, 5.41) is 3.27. The van der Waals surface area contributed by atoms with Crippen LogP contribution in [0.4, 0.5) is 0 Å². The first-order valence-corrected chi connectivity index (χ1v) is 8.67. The Balaban J connectivity index is 2.39. The zero-order valence-electron chi connectivity index (χ0n) is 9.53. The van der Waals surface area contributed by atoms with Gasteiger partial charge in [0.1, 0.15) is 0 Å². The Morgan fingerprint density at radius 1 is 1.53 bits per heavy atom. The fraction of sp³-hybridized carbons (Fsp3) is 1.00. The number of hydrogen-bond acceptors (Lipinski definition) is 4. The highest BCUT2D eigenvalue weighted by molar-refractivity contribution is 7.98. The van der Waals surface area contributed by atoms with Crippen LogP contribution < -0.4 is 5.32 Å². The van der Waals surface area contributed by atoms with Gasteiger partial charge < -0.3 is 5.32 Å². The molecule has 0 aliphatic carbocycles. The van der Waals surface area contributed by atoms with Crippen LogP contribution >= 0.6 is 11.8 Å². The summed E-state index contributed by atoms with van der Waals surface area (Å²) in [5.74, 6) is 2.27. The minimum absolute atomic E-state index is 0.335. The fourth-order valence-corrected chi connectivity index (χ4v) is 4.54. The molecule has 1 N–H and O–H groups in total. The Bertz CT molecular complexity index is 277. The zero-order chi connectivity index (χ0) is 11.3. The lowest BCUT2D eigenvalue weighted by molar-refractivity contribution is 0.381. The molecule has 0 bridgehead atoms. The number of sulfone groups is 1. The molecule has 2 atom stereocenters. The molecule has 0 spiro atoms. The molecule has 1 saturated heterocycles. The van der Waals surface area contributed by atoms with Crippen molar-refractivity contribution in [3.05, 3.63) is 0 Å². The molecule has 0 saturated carbocycles. The van der Waals surface area contributed by atoms with Crippen molar-refractivity contribution in [1.29, 1.82) is 0 Å². The van der Waals surface area contributed by atoms with Gasteiger partial charge in [-0.25, -0.2) is 8.42 Å². The lowest BCUT2D eigenvalue weighted by Crippen LogP contribution is -2.34. The predicted molar refractivity (Wildman–Crippen MR) is 67.2 cm³/mol. The second-order valence-corrected chi connectivity index (χ2v) is 7.41. The number of rotatable bonds is 6. The zero-order valence-corrected chi connectivity index (χ0v) is 11.2. The molecular formula is C10H21NO2S2. The third kappa shape index (κ3) is 4.33. The van der Waals surface area contributed by atoms with E-state index < -0.39 is 9.84 Å². The highest BCUT2D eigenvalue weighted by atomic mass is 32.2. The van der Waals surface area contributed by atoms with E-state index in [-0.39, 0.29) is 0 Å². The SMILES string of the molecule is CNC(CCCSC)C1CCS(=O)(=O)C1. The van der Waals surface area contributed by atoms with Gasteiger partial charge in [-0.15, -0.1) is 0 Å². The van der Waals surface area contributed by atoms with Crippen LogP contribution in [-0.4, -0.2) is 45.0 Å². The first kappa shape index (κ1) is 13.3. The van der Waals surface area contributed by atoms with Crippen LogP contribution in [0.1, 0.15) is 19.3 Å². The average Bonchev–Trinajstić information content (AvgIpc) is 2.54. The van der Waals surface area contributed by atoms with Gasteiger partial charge in [-0.05, 0) is 44.2 Å². The molecule has 90 valence electrons. The Labute approximate surface area is 97.3 Å². The molecule has 15 heavy (non-hydrogen) atoms. The first-order valence-electron chi connectivity index (χ1n) is 5.45. The Morgan fingerprint density at radius 2 is 2.27 bits per heavy atom. The van der Waals surface area contributed by atoms with E-state index in [2.05, 4.69) is 11.6 Å². The highest BCUT2D eigenvalue weighted by Gasteiger charge is 2.32. The molecule has 1 aliphatic rings. The van der Waals surface area contributed by atoms with Gasteiger partial charge in [0.15, 0.2) is 9.84 Å². The highest BCUT2D eigenvalue weighted by Crippen LogP contribution is 2.24.